The van der Waals surface area contributed by atoms with Crippen LogP contribution in [0.2, 0.25) is 10.0 Å². The van der Waals surface area contributed by atoms with Crippen LogP contribution in [0, 0.1) is 11.7 Å². The number of esters is 1. The Labute approximate surface area is 254 Å². The summed E-state index contributed by atoms with van der Waals surface area (Å²) in [6.45, 7) is 0.730. The van der Waals surface area contributed by atoms with Crippen molar-refractivity contribution >= 4 is 51.7 Å². The molecule has 2 heterocycles. The van der Waals surface area contributed by atoms with Crippen LogP contribution in [0.3, 0.4) is 0 Å². The summed E-state index contributed by atoms with van der Waals surface area (Å²) in [7, 11) is 1.16. The smallest absolute Gasteiger partial charge is 0.406 e. The zero-order chi connectivity index (χ0) is 31.5. The van der Waals surface area contributed by atoms with Gasteiger partial charge in [0.2, 0.25) is 5.43 Å². The molecule has 0 radical (unpaired) electrons. The van der Waals surface area contributed by atoms with E-state index in [1.54, 1.807) is 17.9 Å². The lowest BCUT2D eigenvalue weighted by molar-refractivity contribution is -0.144. The maximum atomic E-state index is 15.8. The van der Waals surface area contributed by atoms with E-state index in [1.165, 1.54) is 12.1 Å². The number of hydrogen-bond acceptors (Lipinski definition) is 6. The van der Waals surface area contributed by atoms with E-state index in [0.29, 0.717) is 34.5 Å². The predicted octanol–water partition coefficient (Wildman–Crippen LogP) is 6.12. The van der Waals surface area contributed by atoms with Crippen LogP contribution in [-0.4, -0.2) is 49.4 Å². The van der Waals surface area contributed by atoms with Gasteiger partial charge < -0.3 is 24.3 Å². The Morgan fingerprint density at radius 2 is 1.93 bits per heavy atom. The highest BCUT2D eigenvalue weighted by atomic mass is 35.5. The minimum absolute atomic E-state index is 0.0976. The van der Waals surface area contributed by atoms with E-state index in [0.717, 1.165) is 19.4 Å². The van der Waals surface area contributed by atoms with Crippen LogP contribution in [0.5, 0.6) is 5.75 Å². The van der Waals surface area contributed by atoms with Crippen LogP contribution >= 0.6 is 23.2 Å². The summed E-state index contributed by atoms with van der Waals surface area (Å²) >= 11 is 12.0. The van der Waals surface area contributed by atoms with Gasteiger partial charge in [0, 0.05) is 35.9 Å². The molecular weight excluding hydrogens is 617 g/mol. The molecule has 232 valence electrons. The minimum atomic E-state index is -4.76. The average molecular weight is 646 g/mol. The number of nitrogens with one attached hydrogen (secondary N) is 1. The lowest BCUT2D eigenvalue weighted by Gasteiger charge is -2.35. The van der Waals surface area contributed by atoms with Crippen molar-refractivity contribution in [2.75, 3.05) is 31.7 Å². The van der Waals surface area contributed by atoms with Crippen molar-refractivity contribution in [1.29, 1.82) is 0 Å². The number of rotatable bonds is 9. The van der Waals surface area contributed by atoms with Crippen molar-refractivity contribution in [3.63, 3.8) is 0 Å². The van der Waals surface area contributed by atoms with Gasteiger partial charge in [-0.05, 0) is 49.4 Å². The Morgan fingerprint density at radius 3 is 2.58 bits per heavy atom. The van der Waals surface area contributed by atoms with Crippen molar-refractivity contribution in [3.05, 3.63) is 67.7 Å². The number of aromatic nitrogens is 1. The predicted molar refractivity (Wildman–Crippen MR) is 155 cm³/mol. The highest BCUT2D eigenvalue weighted by Gasteiger charge is 2.33. The molecule has 43 heavy (non-hydrogen) atoms. The molecule has 1 aliphatic heterocycles. The first kappa shape index (κ1) is 32.4. The lowest BCUT2D eigenvalue weighted by Crippen LogP contribution is -2.37. The van der Waals surface area contributed by atoms with Gasteiger partial charge in [0.25, 0.3) is 5.91 Å². The normalized spacial score (nSPS) is 15.4. The van der Waals surface area contributed by atoms with Crippen LogP contribution in [0.15, 0.2) is 35.3 Å². The molecule has 3 aromatic rings. The lowest BCUT2D eigenvalue weighted by atomic mass is 9.94. The fraction of sp³-hybridized carbons (Fsp3) is 0.414. The number of carbonyl (C=O) groups excluding carboxylic acids is 2. The number of carbonyl (C=O) groups is 2. The summed E-state index contributed by atoms with van der Waals surface area (Å²) in [6.07, 6.45) is -2.62. The van der Waals surface area contributed by atoms with Gasteiger partial charge in [0.15, 0.2) is 11.6 Å². The molecule has 0 bridgehead atoms. The van der Waals surface area contributed by atoms with Crippen molar-refractivity contribution in [2.45, 2.75) is 45.5 Å². The quantitative estimate of drug-likeness (QED) is 0.223. The molecule has 1 N–H and O–H groups in total. The SMILES string of the molecule is CCOC(=O)CC1CCCN(c2c(F)cc3c(=O)c(C(=O)NCc4ccc(Cl)cc4Cl)cn(CC(F)(F)F)c3c2OC)C1. The van der Waals surface area contributed by atoms with Gasteiger partial charge >= 0.3 is 12.1 Å². The molecule has 1 saturated heterocycles. The van der Waals surface area contributed by atoms with E-state index in [9.17, 15) is 27.6 Å². The standard InChI is InChI=1S/C29H29Cl2F4N3O5/c1-3-43-23(39)9-16-5-4-8-37(13-16)25-22(32)11-19-24(27(25)42-2)38(15-29(33,34)35)14-20(26(19)40)28(41)36-12-17-6-7-18(30)10-21(17)31/h6-7,10-11,14,16H,3-5,8-9,12-13,15H2,1-2H3,(H,36,41). The molecule has 1 unspecified atom stereocenters. The number of ether oxygens (including phenoxy) is 2. The molecule has 1 fully saturated rings. The molecule has 1 aromatic heterocycles. The number of halogens is 6. The second kappa shape index (κ2) is 13.4. The molecule has 4 rings (SSSR count). The number of fused-ring (bicyclic) bond motifs is 1. The molecule has 0 saturated carbocycles. The first-order valence-corrected chi connectivity index (χ1v) is 14.2. The van der Waals surface area contributed by atoms with E-state index >= 15 is 4.39 Å². The summed E-state index contributed by atoms with van der Waals surface area (Å²) in [4.78, 5) is 40.2. The molecule has 1 atom stereocenters. The minimum Gasteiger partial charge on any atom is -0.492 e. The fourth-order valence-electron chi connectivity index (χ4n) is 5.28. The van der Waals surface area contributed by atoms with Gasteiger partial charge in [-0.1, -0.05) is 29.3 Å². The van der Waals surface area contributed by atoms with Crippen LogP contribution in [0.25, 0.3) is 10.9 Å². The van der Waals surface area contributed by atoms with E-state index in [2.05, 4.69) is 5.32 Å². The van der Waals surface area contributed by atoms with E-state index in [4.69, 9.17) is 32.7 Å². The van der Waals surface area contributed by atoms with Gasteiger partial charge in [-0.2, -0.15) is 13.2 Å². The third-order valence-electron chi connectivity index (χ3n) is 7.09. The molecule has 8 nitrogen and oxygen atoms in total. The molecule has 14 heteroatoms. The van der Waals surface area contributed by atoms with E-state index < -0.39 is 46.8 Å². The van der Waals surface area contributed by atoms with Gasteiger partial charge in [-0.15, -0.1) is 0 Å². The summed E-state index contributed by atoms with van der Waals surface area (Å²) in [6, 6.07) is 5.36. The van der Waals surface area contributed by atoms with Crippen molar-refractivity contribution in [3.8, 4) is 5.75 Å². The molecule has 2 aromatic carbocycles. The number of methoxy groups -OCH3 is 1. The third kappa shape index (κ3) is 7.53. The zero-order valence-corrected chi connectivity index (χ0v) is 24.8. The van der Waals surface area contributed by atoms with Gasteiger partial charge in [0.05, 0.1) is 31.0 Å². The number of nitrogens with zero attached hydrogens (tertiary/aromatic N) is 2. The van der Waals surface area contributed by atoms with Crippen molar-refractivity contribution in [2.24, 2.45) is 5.92 Å². The topological polar surface area (TPSA) is 89.9 Å². The number of anilines is 1. The molecule has 1 amide bonds. The van der Waals surface area contributed by atoms with Gasteiger partial charge in [-0.25, -0.2) is 4.39 Å². The fourth-order valence-corrected chi connectivity index (χ4v) is 5.76. The van der Waals surface area contributed by atoms with Crippen LogP contribution in [-0.2, 0) is 22.6 Å². The van der Waals surface area contributed by atoms with Crippen molar-refractivity contribution < 1.29 is 36.6 Å². The van der Waals surface area contributed by atoms with Crippen LogP contribution in [0.4, 0.5) is 23.2 Å². The average Bonchev–Trinajstić information content (AvgIpc) is 2.92. The Balaban J connectivity index is 1.78. The van der Waals surface area contributed by atoms with E-state index in [-0.39, 0.29) is 54.0 Å². The Kier molecular flexibility index (Phi) is 10.1. The summed E-state index contributed by atoms with van der Waals surface area (Å²) in [5.74, 6) is -2.76. The molecule has 1 aliphatic rings. The number of benzene rings is 2. The Hall–Kier alpha value is -3.51. The highest BCUT2D eigenvalue weighted by Crippen LogP contribution is 2.40. The Bertz CT molecular complexity index is 1600. The van der Waals surface area contributed by atoms with Crippen molar-refractivity contribution in [1.82, 2.24) is 9.88 Å². The number of piperidine rings is 1. The Morgan fingerprint density at radius 1 is 1.19 bits per heavy atom. The largest absolute Gasteiger partial charge is 0.492 e. The molecular formula is C29H29Cl2F4N3O5. The third-order valence-corrected chi connectivity index (χ3v) is 7.68. The second-order valence-electron chi connectivity index (χ2n) is 10.1. The number of alkyl halides is 3. The summed E-state index contributed by atoms with van der Waals surface area (Å²) in [5.41, 5.74) is -1.59. The second-order valence-corrected chi connectivity index (χ2v) is 11.0. The van der Waals surface area contributed by atoms with Gasteiger partial charge in [-0.3, -0.25) is 14.4 Å². The highest BCUT2D eigenvalue weighted by molar-refractivity contribution is 6.35. The first-order chi connectivity index (χ1) is 20.3. The first-order valence-electron chi connectivity index (χ1n) is 13.5. The van der Waals surface area contributed by atoms with E-state index in [1.807, 2.05) is 0 Å². The van der Waals surface area contributed by atoms with Gasteiger partial charge in [0.1, 0.15) is 17.8 Å². The van der Waals surface area contributed by atoms with Crippen LogP contribution < -0.4 is 20.4 Å². The maximum Gasteiger partial charge on any atom is 0.406 e. The summed E-state index contributed by atoms with van der Waals surface area (Å²) in [5, 5.41) is 2.61. The number of pyridine rings is 1. The number of amides is 1. The molecule has 0 spiro atoms. The summed E-state index contributed by atoms with van der Waals surface area (Å²) < 4.78 is 68.2. The number of hydrogen-bond donors (Lipinski definition) is 1. The maximum absolute atomic E-state index is 15.8. The zero-order valence-electron chi connectivity index (χ0n) is 23.3. The monoisotopic (exact) mass is 645 g/mol. The van der Waals surface area contributed by atoms with Crippen LogP contribution in [0.1, 0.15) is 42.1 Å². The molecule has 0 aliphatic carbocycles.